The average molecular weight is 270 g/mol. The summed E-state index contributed by atoms with van der Waals surface area (Å²) in [7, 11) is 0. The number of nitrogens with zero attached hydrogens (tertiary/aromatic N) is 2. The van der Waals surface area contributed by atoms with Gasteiger partial charge in [0.05, 0.1) is 12.6 Å². The van der Waals surface area contributed by atoms with Gasteiger partial charge in [0.25, 0.3) is 0 Å². The molecular weight excluding hydrogens is 244 g/mol. The second kappa shape index (κ2) is 7.45. The lowest BCUT2D eigenvalue weighted by atomic mass is 10.0. The van der Waals surface area contributed by atoms with Crippen LogP contribution >= 0.6 is 0 Å². The highest BCUT2D eigenvalue weighted by atomic mass is 16.2. The van der Waals surface area contributed by atoms with Gasteiger partial charge in [-0.2, -0.15) is 0 Å². The topological polar surface area (TPSA) is 78.7 Å². The molecule has 1 aliphatic rings. The van der Waals surface area contributed by atoms with Crippen LogP contribution in [0, 0.1) is 5.92 Å². The standard InChI is InChI=1S/C13H26N4O2/c1-4-15-11(18)9-16-5-7-17(8-6-16)13(19)12(14)10(2)3/h10,12H,4-9,14H2,1-3H3,(H,15,18)/t12-/m0/s1. The molecule has 0 unspecified atom stereocenters. The number of rotatable bonds is 5. The van der Waals surface area contributed by atoms with Crippen molar-refractivity contribution in [1.29, 1.82) is 0 Å². The van der Waals surface area contributed by atoms with Crippen molar-refractivity contribution in [2.75, 3.05) is 39.3 Å². The molecule has 1 saturated heterocycles. The van der Waals surface area contributed by atoms with E-state index in [-0.39, 0.29) is 17.7 Å². The maximum absolute atomic E-state index is 12.1. The van der Waals surface area contributed by atoms with Gasteiger partial charge in [-0.05, 0) is 12.8 Å². The SMILES string of the molecule is CCNC(=O)CN1CCN(C(=O)[C@@H](N)C(C)C)CC1. The summed E-state index contributed by atoms with van der Waals surface area (Å²) in [5.41, 5.74) is 5.88. The lowest BCUT2D eigenvalue weighted by Gasteiger charge is -2.36. The van der Waals surface area contributed by atoms with Gasteiger partial charge in [0.1, 0.15) is 0 Å². The zero-order valence-electron chi connectivity index (χ0n) is 12.2. The van der Waals surface area contributed by atoms with E-state index in [1.807, 2.05) is 20.8 Å². The van der Waals surface area contributed by atoms with Crippen molar-refractivity contribution in [2.24, 2.45) is 11.7 Å². The van der Waals surface area contributed by atoms with Gasteiger partial charge in [0.2, 0.25) is 11.8 Å². The van der Waals surface area contributed by atoms with Crippen molar-refractivity contribution >= 4 is 11.8 Å². The van der Waals surface area contributed by atoms with Gasteiger partial charge in [0, 0.05) is 32.7 Å². The summed E-state index contributed by atoms with van der Waals surface area (Å²) in [4.78, 5) is 27.4. The molecule has 6 nitrogen and oxygen atoms in total. The summed E-state index contributed by atoms with van der Waals surface area (Å²) in [6.45, 7) is 9.63. The smallest absolute Gasteiger partial charge is 0.239 e. The molecule has 1 rings (SSSR count). The summed E-state index contributed by atoms with van der Waals surface area (Å²) in [5.74, 6) is 0.217. The molecule has 1 aliphatic heterocycles. The molecule has 1 heterocycles. The Morgan fingerprint density at radius 3 is 2.26 bits per heavy atom. The fourth-order valence-electron chi connectivity index (χ4n) is 2.08. The minimum atomic E-state index is -0.421. The molecule has 0 aromatic carbocycles. The first-order valence-corrected chi connectivity index (χ1v) is 6.99. The van der Waals surface area contributed by atoms with E-state index in [2.05, 4.69) is 10.2 Å². The first kappa shape index (κ1) is 15.9. The molecule has 0 radical (unpaired) electrons. The van der Waals surface area contributed by atoms with Crippen LogP contribution in [0.3, 0.4) is 0 Å². The molecule has 0 aromatic heterocycles. The summed E-state index contributed by atoms with van der Waals surface area (Å²) < 4.78 is 0. The van der Waals surface area contributed by atoms with E-state index in [0.29, 0.717) is 26.2 Å². The van der Waals surface area contributed by atoms with E-state index >= 15 is 0 Å². The molecule has 0 spiro atoms. The molecule has 110 valence electrons. The predicted octanol–water partition coefficient (Wildman–Crippen LogP) is -0.750. The monoisotopic (exact) mass is 270 g/mol. The number of carbonyl (C=O) groups excluding carboxylic acids is 2. The fourth-order valence-corrected chi connectivity index (χ4v) is 2.08. The second-order valence-corrected chi connectivity index (χ2v) is 5.32. The van der Waals surface area contributed by atoms with Gasteiger partial charge < -0.3 is 16.0 Å². The van der Waals surface area contributed by atoms with E-state index in [1.165, 1.54) is 0 Å². The molecule has 0 aliphatic carbocycles. The highest BCUT2D eigenvalue weighted by Crippen LogP contribution is 2.07. The summed E-state index contributed by atoms with van der Waals surface area (Å²) in [6, 6.07) is -0.421. The molecular formula is C13H26N4O2. The molecule has 0 saturated carbocycles. The average Bonchev–Trinajstić information content (AvgIpc) is 2.38. The van der Waals surface area contributed by atoms with Gasteiger partial charge >= 0.3 is 0 Å². The van der Waals surface area contributed by atoms with E-state index in [0.717, 1.165) is 13.1 Å². The summed E-state index contributed by atoms with van der Waals surface area (Å²) in [5, 5.41) is 2.78. The molecule has 1 fully saturated rings. The van der Waals surface area contributed by atoms with Crippen molar-refractivity contribution in [1.82, 2.24) is 15.1 Å². The van der Waals surface area contributed by atoms with Gasteiger partial charge in [-0.1, -0.05) is 13.8 Å². The molecule has 1 atom stereocenters. The first-order valence-electron chi connectivity index (χ1n) is 6.99. The van der Waals surface area contributed by atoms with Gasteiger partial charge in [0.15, 0.2) is 0 Å². The maximum atomic E-state index is 12.1. The Balaban J connectivity index is 2.36. The van der Waals surface area contributed by atoms with E-state index in [4.69, 9.17) is 5.73 Å². The summed E-state index contributed by atoms with van der Waals surface area (Å²) in [6.07, 6.45) is 0. The fraction of sp³-hybridized carbons (Fsp3) is 0.846. The second-order valence-electron chi connectivity index (χ2n) is 5.32. The van der Waals surface area contributed by atoms with Crippen LogP contribution in [0.1, 0.15) is 20.8 Å². The third-order valence-corrected chi connectivity index (χ3v) is 3.43. The molecule has 19 heavy (non-hydrogen) atoms. The molecule has 6 heteroatoms. The number of hydrogen-bond acceptors (Lipinski definition) is 4. The Morgan fingerprint density at radius 2 is 1.79 bits per heavy atom. The van der Waals surface area contributed by atoms with Crippen LogP contribution < -0.4 is 11.1 Å². The Kier molecular flexibility index (Phi) is 6.24. The van der Waals surface area contributed by atoms with E-state index < -0.39 is 6.04 Å². The van der Waals surface area contributed by atoms with Gasteiger partial charge in [-0.25, -0.2) is 0 Å². The van der Waals surface area contributed by atoms with Crippen molar-refractivity contribution < 1.29 is 9.59 Å². The third-order valence-electron chi connectivity index (χ3n) is 3.43. The zero-order valence-corrected chi connectivity index (χ0v) is 12.2. The lowest BCUT2D eigenvalue weighted by Crippen LogP contribution is -2.55. The van der Waals surface area contributed by atoms with E-state index in [1.54, 1.807) is 4.90 Å². The van der Waals surface area contributed by atoms with Crippen molar-refractivity contribution in [2.45, 2.75) is 26.8 Å². The first-order chi connectivity index (χ1) is 8.95. The van der Waals surface area contributed by atoms with Crippen LogP contribution in [0.25, 0.3) is 0 Å². The van der Waals surface area contributed by atoms with Crippen molar-refractivity contribution in [3.63, 3.8) is 0 Å². The van der Waals surface area contributed by atoms with Crippen molar-refractivity contribution in [3.05, 3.63) is 0 Å². The number of amides is 2. The number of piperazine rings is 1. The largest absolute Gasteiger partial charge is 0.355 e. The van der Waals surface area contributed by atoms with Gasteiger partial charge in [-0.15, -0.1) is 0 Å². The third kappa shape index (κ3) is 4.80. The number of nitrogens with one attached hydrogen (secondary N) is 1. The lowest BCUT2D eigenvalue weighted by molar-refractivity contribution is -0.135. The molecule has 0 bridgehead atoms. The quantitative estimate of drug-likeness (QED) is 0.689. The van der Waals surface area contributed by atoms with E-state index in [9.17, 15) is 9.59 Å². The minimum absolute atomic E-state index is 0.0210. The normalized spacial score (nSPS) is 18.5. The zero-order chi connectivity index (χ0) is 14.4. The highest BCUT2D eigenvalue weighted by Gasteiger charge is 2.27. The Morgan fingerprint density at radius 1 is 1.21 bits per heavy atom. The Bertz CT molecular complexity index is 312. The van der Waals surface area contributed by atoms with Crippen LogP contribution in [0.5, 0.6) is 0 Å². The number of nitrogens with two attached hydrogens (primary N) is 1. The number of hydrogen-bond donors (Lipinski definition) is 2. The Hall–Kier alpha value is -1.14. The number of likely N-dealkylation sites (N-methyl/N-ethyl adjacent to an activating group) is 1. The van der Waals surface area contributed by atoms with Gasteiger partial charge in [-0.3, -0.25) is 14.5 Å². The molecule has 0 aromatic rings. The molecule has 2 amide bonds. The minimum Gasteiger partial charge on any atom is -0.355 e. The van der Waals surface area contributed by atoms with Crippen molar-refractivity contribution in [3.8, 4) is 0 Å². The Labute approximate surface area is 115 Å². The molecule has 3 N–H and O–H groups in total. The van der Waals surface area contributed by atoms with Crippen LogP contribution in [0.4, 0.5) is 0 Å². The highest BCUT2D eigenvalue weighted by molar-refractivity contribution is 5.82. The maximum Gasteiger partial charge on any atom is 0.239 e. The summed E-state index contributed by atoms with van der Waals surface area (Å²) >= 11 is 0. The predicted molar refractivity (Wildman–Crippen MR) is 74.5 cm³/mol. The van der Waals surface area contributed by atoms with Crippen LogP contribution in [0.15, 0.2) is 0 Å². The van der Waals surface area contributed by atoms with Crippen LogP contribution in [-0.2, 0) is 9.59 Å². The van der Waals surface area contributed by atoms with Crippen LogP contribution in [0.2, 0.25) is 0 Å². The number of carbonyl (C=O) groups is 2. The van der Waals surface area contributed by atoms with Crippen LogP contribution in [-0.4, -0.2) is 66.9 Å².